The molecule has 8 nitrogen and oxygen atoms in total. The van der Waals surface area contributed by atoms with Gasteiger partial charge in [0.05, 0.1) is 28.6 Å². The minimum Gasteiger partial charge on any atom is -0.490 e. The van der Waals surface area contributed by atoms with Crippen molar-refractivity contribution in [2.75, 3.05) is 25.5 Å². The molecule has 10 heteroatoms. The number of aldehydes is 1. The first-order valence-corrected chi connectivity index (χ1v) is 12.7. The van der Waals surface area contributed by atoms with Crippen LogP contribution in [0, 0.1) is 4.64 Å². The highest BCUT2D eigenvalue weighted by molar-refractivity contribution is 7.99. The number of pyridine rings is 1. The van der Waals surface area contributed by atoms with Gasteiger partial charge in [0.2, 0.25) is 0 Å². The van der Waals surface area contributed by atoms with E-state index in [9.17, 15) is 14.7 Å². The molecule has 2 heterocycles. The molecule has 0 aliphatic heterocycles. The van der Waals surface area contributed by atoms with Gasteiger partial charge in [-0.3, -0.25) is 4.79 Å². The van der Waals surface area contributed by atoms with Crippen LogP contribution in [-0.4, -0.2) is 52.3 Å². The van der Waals surface area contributed by atoms with Crippen molar-refractivity contribution in [3.05, 3.63) is 76.7 Å². The molecule has 2 aromatic carbocycles. The number of aliphatic hydroxyl groups excluding tert-OH is 1. The van der Waals surface area contributed by atoms with Crippen LogP contribution >= 0.6 is 24.0 Å². The Bertz CT molecular complexity index is 1420. The lowest BCUT2D eigenvalue weighted by Crippen LogP contribution is -2.31. The number of nitrogen functional groups attached to an aromatic ring is 1. The highest BCUT2D eigenvalue weighted by atomic mass is 32.2. The minimum atomic E-state index is -0.381. The van der Waals surface area contributed by atoms with Crippen LogP contribution in [-0.2, 0) is 10.5 Å². The number of hydrogen-bond acceptors (Lipinski definition) is 7. The number of benzene rings is 2. The van der Waals surface area contributed by atoms with E-state index in [0.717, 1.165) is 11.8 Å². The summed E-state index contributed by atoms with van der Waals surface area (Å²) in [6, 6.07) is 16.9. The zero-order valence-corrected chi connectivity index (χ0v) is 21.0. The molecule has 1 atom stereocenters. The molecule has 186 valence electrons. The number of fused-ring (bicyclic) bond motifs is 1. The zero-order chi connectivity index (χ0) is 25.5. The Kier molecular flexibility index (Phi) is 8.42. The van der Waals surface area contributed by atoms with E-state index in [1.165, 1.54) is 11.8 Å². The van der Waals surface area contributed by atoms with Crippen LogP contribution in [0.15, 0.2) is 60.8 Å². The number of rotatable bonds is 11. The van der Waals surface area contributed by atoms with Crippen molar-refractivity contribution >= 4 is 52.8 Å². The molecule has 0 aliphatic carbocycles. The summed E-state index contributed by atoms with van der Waals surface area (Å²) < 4.78 is 6.25. The number of anilines is 1. The Hall–Kier alpha value is -3.60. The number of carbonyl (C=O) groups excluding carboxylic acids is 2. The van der Waals surface area contributed by atoms with Gasteiger partial charge in [0.1, 0.15) is 29.0 Å². The van der Waals surface area contributed by atoms with Gasteiger partial charge in [0.25, 0.3) is 5.91 Å². The van der Waals surface area contributed by atoms with Crippen molar-refractivity contribution in [1.82, 2.24) is 15.3 Å². The molecule has 1 unspecified atom stereocenters. The van der Waals surface area contributed by atoms with Gasteiger partial charge in [-0.15, -0.1) is 11.8 Å². The highest BCUT2D eigenvalue weighted by Crippen LogP contribution is 2.41. The second kappa shape index (κ2) is 11.9. The van der Waals surface area contributed by atoms with Gasteiger partial charge in [-0.1, -0.05) is 42.5 Å². The van der Waals surface area contributed by atoms with E-state index in [2.05, 4.69) is 15.3 Å². The third-order valence-electron chi connectivity index (χ3n) is 5.52. The number of H-pyrrole nitrogens is 2. The molecule has 36 heavy (non-hydrogen) atoms. The lowest BCUT2D eigenvalue weighted by molar-refractivity contribution is -0.107. The lowest BCUT2D eigenvalue weighted by Gasteiger charge is -2.14. The van der Waals surface area contributed by atoms with Gasteiger partial charge in [0.15, 0.2) is 0 Å². The molecule has 1 amide bonds. The Balaban J connectivity index is 1.56. The van der Waals surface area contributed by atoms with E-state index in [1.807, 2.05) is 36.4 Å². The standard InChI is InChI=1S/C26H26N4O4S2/c27-23-22(19-7-4-8-28-26(19)35)21(34-10-9-31)12-17-11-20(30-24(17)23)25(33)29-13-18(14-32)36-15-16-5-2-1-3-6-16/h1-8,11-12,14,18,30-31H,9-10,13,15,27H2,(H,28,35)(H,29,33). The number of amides is 1. The molecule has 0 radical (unpaired) electrons. The van der Waals surface area contributed by atoms with Gasteiger partial charge in [0, 0.05) is 29.4 Å². The summed E-state index contributed by atoms with van der Waals surface area (Å²) in [7, 11) is 0. The van der Waals surface area contributed by atoms with Crippen LogP contribution in [0.3, 0.4) is 0 Å². The summed E-state index contributed by atoms with van der Waals surface area (Å²) in [5, 5.41) is 12.4. The molecule has 0 bridgehead atoms. The van der Waals surface area contributed by atoms with Gasteiger partial charge in [-0.2, -0.15) is 0 Å². The number of aliphatic hydroxyl groups is 1. The van der Waals surface area contributed by atoms with Crippen molar-refractivity contribution in [2.45, 2.75) is 11.0 Å². The molecule has 6 N–H and O–H groups in total. The Morgan fingerprint density at radius 1 is 1.22 bits per heavy atom. The topological polar surface area (TPSA) is 133 Å². The lowest BCUT2D eigenvalue weighted by atomic mass is 10.0. The summed E-state index contributed by atoms with van der Waals surface area (Å²) in [5.41, 5.74) is 10.1. The second-order valence-electron chi connectivity index (χ2n) is 7.98. The average molecular weight is 523 g/mol. The Morgan fingerprint density at radius 3 is 2.75 bits per heavy atom. The maximum atomic E-state index is 12.9. The molecule has 0 aliphatic rings. The number of nitrogens with one attached hydrogen (secondary N) is 3. The molecular weight excluding hydrogens is 496 g/mol. The van der Waals surface area contributed by atoms with Crippen LogP contribution in [0.5, 0.6) is 5.75 Å². The molecule has 0 saturated heterocycles. The first kappa shape index (κ1) is 25.5. The fraction of sp³-hybridized carbons (Fsp3) is 0.192. The number of aromatic nitrogens is 2. The largest absolute Gasteiger partial charge is 0.490 e. The van der Waals surface area contributed by atoms with Crippen molar-refractivity contribution < 1.29 is 19.4 Å². The number of nitrogens with two attached hydrogens (primary N) is 1. The van der Waals surface area contributed by atoms with Gasteiger partial charge in [-0.05, 0) is 29.8 Å². The molecule has 0 spiro atoms. The maximum Gasteiger partial charge on any atom is 0.267 e. The van der Waals surface area contributed by atoms with Gasteiger partial charge < -0.3 is 35.7 Å². The predicted octanol–water partition coefficient (Wildman–Crippen LogP) is 4.08. The van der Waals surface area contributed by atoms with Crippen molar-refractivity contribution in [3.63, 3.8) is 0 Å². The monoisotopic (exact) mass is 522 g/mol. The number of ether oxygens (including phenoxy) is 1. The van der Waals surface area contributed by atoms with Gasteiger partial charge >= 0.3 is 0 Å². The third-order valence-corrected chi connectivity index (χ3v) is 7.07. The maximum absolute atomic E-state index is 12.9. The van der Waals surface area contributed by atoms with E-state index in [1.54, 1.807) is 24.4 Å². The molecule has 4 aromatic rings. The highest BCUT2D eigenvalue weighted by Gasteiger charge is 2.20. The Labute approximate surface area is 217 Å². The van der Waals surface area contributed by atoms with E-state index in [4.69, 9.17) is 22.7 Å². The first-order chi connectivity index (χ1) is 17.5. The van der Waals surface area contributed by atoms with Crippen LogP contribution in [0.2, 0.25) is 0 Å². The van der Waals surface area contributed by atoms with Crippen LogP contribution in [0.25, 0.3) is 22.0 Å². The molecule has 0 saturated carbocycles. The second-order valence-corrected chi connectivity index (χ2v) is 9.61. The van der Waals surface area contributed by atoms with Crippen LogP contribution < -0.4 is 15.8 Å². The van der Waals surface area contributed by atoms with E-state index < -0.39 is 0 Å². The first-order valence-electron chi connectivity index (χ1n) is 11.3. The fourth-order valence-corrected chi connectivity index (χ4v) is 4.90. The third kappa shape index (κ3) is 5.78. The van der Waals surface area contributed by atoms with Crippen molar-refractivity contribution in [3.8, 4) is 16.9 Å². The SMILES string of the molecule is Nc1c(-c2ccc[nH]c2=S)c(OCCO)cc2cc(C(=O)NCC(C=O)SCc3ccccc3)[nH]c12. The molecule has 2 aromatic heterocycles. The molecule has 0 fully saturated rings. The van der Waals surface area contributed by atoms with E-state index in [0.29, 0.717) is 49.6 Å². The van der Waals surface area contributed by atoms with Crippen LogP contribution in [0.1, 0.15) is 16.1 Å². The summed E-state index contributed by atoms with van der Waals surface area (Å²) in [4.78, 5) is 30.5. The number of aromatic amines is 2. The minimum absolute atomic E-state index is 0.0761. The van der Waals surface area contributed by atoms with E-state index in [-0.39, 0.29) is 30.9 Å². The number of thioether (sulfide) groups is 1. The average Bonchev–Trinajstić information content (AvgIpc) is 3.33. The molecular formula is C26H26N4O4S2. The fourth-order valence-electron chi connectivity index (χ4n) is 3.78. The predicted molar refractivity (Wildman–Crippen MR) is 146 cm³/mol. The summed E-state index contributed by atoms with van der Waals surface area (Å²) in [5.74, 6) is 0.766. The summed E-state index contributed by atoms with van der Waals surface area (Å²) in [6.07, 6.45) is 2.56. The molecule has 4 rings (SSSR count). The summed E-state index contributed by atoms with van der Waals surface area (Å²) >= 11 is 6.90. The number of carbonyl (C=O) groups is 2. The summed E-state index contributed by atoms with van der Waals surface area (Å²) in [6.45, 7) is 0.104. The van der Waals surface area contributed by atoms with Crippen LogP contribution in [0.4, 0.5) is 5.69 Å². The van der Waals surface area contributed by atoms with Crippen molar-refractivity contribution in [2.24, 2.45) is 0 Å². The number of hydrogen-bond donors (Lipinski definition) is 5. The van der Waals surface area contributed by atoms with Crippen molar-refractivity contribution in [1.29, 1.82) is 0 Å². The van der Waals surface area contributed by atoms with E-state index >= 15 is 0 Å². The van der Waals surface area contributed by atoms with Gasteiger partial charge in [-0.25, -0.2) is 0 Å². The quantitative estimate of drug-likeness (QED) is 0.114. The Morgan fingerprint density at radius 2 is 2.03 bits per heavy atom. The smallest absolute Gasteiger partial charge is 0.267 e. The zero-order valence-electron chi connectivity index (χ0n) is 19.3. The normalized spacial score (nSPS) is 11.8.